The van der Waals surface area contributed by atoms with Gasteiger partial charge in [-0.05, 0) is 45.0 Å². The average molecular weight is 412 g/mol. The van der Waals surface area contributed by atoms with Crippen molar-refractivity contribution in [3.8, 4) is 0 Å². The van der Waals surface area contributed by atoms with Gasteiger partial charge in [0, 0.05) is 0 Å². The highest BCUT2D eigenvalue weighted by Crippen LogP contribution is 2.38. The first-order valence-electron chi connectivity index (χ1n) is 9.31. The summed E-state index contributed by atoms with van der Waals surface area (Å²) in [6.45, 7) is 18.9. The normalized spacial score (nSPS) is 18.4. The molecule has 0 fully saturated rings. The van der Waals surface area contributed by atoms with Gasteiger partial charge in [-0.3, -0.25) is 4.79 Å². The second-order valence-corrected chi connectivity index (χ2v) is 14.0. The van der Waals surface area contributed by atoms with E-state index in [1.54, 1.807) is 20.8 Å². The largest absolute Gasteiger partial charge is 0.458 e. The van der Waals surface area contributed by atoms with Crippen molar-refractivity contribution in [3.63, 3.8) is 0 Å². The molecule has 0 aromatic rings. The zero-order chi connectivity index (χ0) is 21.9. The first-order valence-corrected chi connectivity index (χ1v) is 12.2. The molecule has 0 spiro atoms. The van der Waals surface area contributed by atoms with Gasteiger partial charge in [-0.2, -0.15) is 0 Å². The molecule has 0 radical (unpaired) electrons. The Kier molecular flexibility index (Phi) is 7.41. The number of esters is 1. The molecule has 1 aliphatic heterocycles. The summed E-state index contributed by atoms with van der Waals surface area (Å²) in [5.74, 6) is -1.57. The molecule has 1 heterocycles. The van der Waals surface area contributed by atoms with Crippen LogP contribution < -0.4 is 0 Å². The highest BCUT2D eigenvalue weighted by Gasteiger charge is 2.43. The summed E-state index contributed by atoms with van der Waals surface area (Å²) in [6, 6.07) is 0. The molecule has 0 saturated heterocycles. The van der Waals surface area contributed by atoms with Crippen LogP contribution in [-0.2, 0) is 23.5 Å². The van der Waals surface area contributed by atoms with E-state index in [4.69, 9.17) is 13.9 Å². The number of hydrogen-bond acceptors (Lipinski definition) is 6. The summed E-state index contributed by atoms with van der Waals surface area (Å²) in [4.78, 5) is 38.6. The van der Waals surface area contributed by atoms with Gasteiger partial charge in [0.2, 0.25) is 0 Å². The molecule has 0 aromatic heterocycles. The molecule has 0 aromatic carbocycles. The fourth-order valence-electron chi connectivity index (χ4n) is 2.19. The predicted molar refractivity (Wildman–Crippen MR) is 109 cm³/mol. The van der Waals surface area contributed by atoms with Gasteiger partial charge in [0.15, 0.2) is 8.32 Å². The van der Waals surface area contributed by atoms with Crippen LogP contribution in [0.15, 0.2) is 24.3 Å². The summed E-state index contributed by atoms with van der Waals surface area (Å²) in [5, 5.41) is -0.0808. The second kappa shape index (κ2) is 8.61. The zero-order valence-electron chi connectivity index (χ0n) is 18.3. The summed E-state index contributed by atoms with van der Waals surface area (Å²) >= 11 is 0. The lowest BCUT2D eigenvalue weighted by Gasteiger charge is -2.40. The first kappa shape index (κ1) is 24.1. The maximum Gasteiger partial charge on any atom is 0.417 e. The van der Waals surface area contributed by atoms with Gasteiger partial charge < -0.3 is 13.9 Å². The fourth-order valence-corrected chi connectivity index (χ4v) is 3.44. The number of carbonyl (C=O) groups is 3. The van der Waals surface area contributed by atoms with Crippen LogP contribution in [0.3, 0.4) is 0 Å². The first-order chi connectivity index (χ1) is 12.6. The Hall–Kier alpha value is -1.93. The van der Waals surface area contributed by atoms with Gasteiger partial charge in [0.05, 0.1) is 12.6 Å². The van der Waals surface area contributed by atoms with Gasteiger partial charge in [0.25, 0.3) is 5.91 Å². The third kappa shape index (κ3) is 6.30. The van der Waals surface area contributed by atoms with Crippen LogP contribution in [0.2, 0.25) is 18.1 Å². The molecule has 8 heteroatoms. The average Bonchev–Trinajstić information content (AvgIpc) is 2.50. The molecule has 1 aliphatic rings. The molecule has 0 N–H and O–H groups in total. The molecule has 28 heavy (non-hydrogen) atoms. The number of hydrogen-bond donors (Lipinski definition) is 0. The van der Waals surface area contributed by atoms with Gasteiger partial charge >= 0.3 is 12.1 Å². The number of imide groups is 1. The lowest BCUT2D eigenvalue weighted by atomic mass is 10.1. The Bertz CT molecular complexity index is 669. The highest BCUT2D eigenvalue weighted by atomic mass is 28.4. The van der Waals surface area contributed by atoms with E-state index in [2.05, 4.69) is 40.4 Å². The van der Waals surface area contributed by atoms with E-state index in [-0.39, 0.29) is 23.8 Å². The monoisotopic (exact) mass is 411 g/mol. The highest BCUT2D eigenvalue weighted by molar-refractivity contribution is 6.74. The van der Waals surface area contributed by atoms with E-state index in [0.29, 0.717) is 0 Å². The number of amides is 2. The molecular formula is C20H33NO6Si. The number of ether oxygens (including phenoxy) is 2. The SMILES string of the molecule is C=CCOC(=O)C1=C[C@@H](O[Si](C)(C)C(C)(C)C)CN(C(=O)OC(C)(C)C)C1=O. The maximum absolute atomic E-state index is 12.8. The predicted octanol–water partition coefficient (Wildman–Crippen LogP) is 3.81. The van der Waals surface area contributed by atoms with Crippen LogP contribution in [0.25, 0.3) is 0 Å². The molecule has 1 atom stereocenters. The lowest BCUT2D eigenvalue weighted by molar-refractivity contribution is -0.142. The number of rotatable bonds is 5. The van der Waals surface area contributed by atoms with Gasteiger partial charge in [-0.1, -0.05) is 33.4 Å². The Morgan fingerprint density at radius 3 is 2.29 bits per heavy atom. The van der Waals surface area contributed by atoms with E-state index >= 15 is 0 Å². The van der Waals surface area contributed by atoms with Crippen molar-refractivity contribution in [1.29, 1.82) is 0 Å². The molecule has 1 rings (SSSR count). The van der Waals surface area contributed by atoms with Gasteiger partial charge in [-0.15, -0.1) is 0 Å². The van der Waals surface area contributed by atoms with Crippen LogP contribution in [0, 0.1) is 0 Å². The molecule has 158 valence electrons. The summed E-state index contributed by atoms with van der Waals surface area (Å²) in [6.07, 6.45) is 1.43. The summed E-state index contributed by atoms with van der Waals surface area (Å²) in [5.41, 5.74) is -1.01. The molecule has 0 saturated carbocycles. The fraction of sp³-hybridized carbons (Fsp3) is 0.650. The number of nitrogens with zero attached hydrogens (tertiary/aromatic N) is 1. The smallest absolute Gasteiger partial charge is 0.417 e. The van der Waals surface area contributed by atoms with Crippen molar-refractivity contribution in [3.05, 3.63) is 24.3 Å². The van der Waals surface area contributed by atoms with Crippen LogP contribution in [0.5, 0.6) is 0 Å². The summed E-state index contributed by atoms with van der Waals surface area (Å²) in [7, 11) is -2.22. The van der Waals surface area contributed by atoms with Crippen molar-refractivity contribution in [2.24, 2.45) is 0 Å². The van der Waals surface area contributed by atoms with Gasteiger partial charge in [-0.25, -0.2) is 14.5 Å². The van der Waals surface area contributed by atoms with E-state index in [1.807, 2.05) is 0 Å². The summed E-state index contributed by atoms with van der Waals surface area (Å²) < 4.78 is 16.7. The van der Waals surface area contributed by atoms with E-state index in [9.17, 15) is 14.4 Å². The third-order valence-corrected chi connectivity index (χ3v) is 9.11. The Morgan fingerprint density at radius 1 is 1.25 bits per heavy atom. The standard InChI is InChI=1S/C20H33NO6Si/c1-10-11-25-17(23)15-12-14(27-28(8,9)20(5,6)7)13-21(16(15)22)18(24)26-19(2,3)4/h10,12,14H,1,11,13H2,2-9H3/t14-/m1/s1. The molecular weight excluding hydrogens is 378 g/mol. The van der Waals surface area contributed by atoms with Crippen LogP contribution in [0.1, 0.15) is 41.5 Å². The Balaban J connectivity index is 3.22. The van der Waals surface area contributed by atoms with Crippen molar-refractivity contribution in [2.75, 3.05) is 13.2 Å². The zero-order valence-corrected chi connectivity index (χ0v) is 19.3. The topological polar surface area (TPSA) is 82.1 Å². The minimum atomic E-state index is -2.22. The minimum Gasteiger partial charge on any atom is -0.458 e. The van der Waals surface area contributed by atoms with Crippen LogP contribution in [0.4, 0.5) is 4.79 Å². The second-order valence-electron chi connectivity index (χ2n) is 9.28. The van der Waals surface area contributed by atoms with Gasteiger partial charge in [0.1, 0.15) is 17.8 Å². The minimum absolute atomic E-state index is 0.0154. The van der Waals surface area contributed by atoms with Crippen molar-refractivity contribution < 1.29 is 28.3 Å². The quantitative estimate of drug-likeness (QED) is 0.296. The lowest BCUT2D eigenvalue weighted by Crippen LogP contribution is -2.53. The van der Waals surface area contributed by atoms with Crippen LogP contribution in [-0.4, -0.2) is 56.0 Å². The molecule has 7 nitrogen and oxygen atoms in total. The third-order valence-electron chi connectivity index (χ3n) is 4.61. The molecule has 2 amide bonds. The van der Waals surface area contributed by atoms with Crippen molar-refractivity contribution >= 4 is 26.3 Å². The van der Waals surface area contributed by atoms with E-state index in [1.165, 1.54) is 12.2 Å². The van der Waals surface area contributed by atoms with E-state index in [0.717, 1.165) is 4.90 Å². The van der Waals surface area contributed by atoms with E-state index < -0.39 is 38.0 Å². The maximum atomic E-state index is 12.8. The van der Waals surface area contributed by atoms with Crippen molar-refractivity contribution in [1.82, 2.24) is 4.90 Å². The molecule has 0 unspecified atom stereocenters. The molecule has 0 bridgehead atoms. The number of carbonyl (C=O) groups excluding carboxylic acids is 3. The Morgan fingerprint density at radius 2 is 1.82 bits per heavy atom. The Labute approximate surface area is 168 Å². The molecule has 0 aliphatic carbocycles. The van der Waals surface area contributed by atoms with Crippen molar-refractivity contribution in [2.45, 2.75) is 71.4 Å². The van der Waals surface area contributed by atoms with Crippen LogP contribution >= 0.6 is 0 Å².